The SMILES string of the molecule is COC(=O)C=CC(=O)OCN1CCOCC1. The summed E-state index contributed by atoms with van der Waals surface area (Å²) in [6.07, 6.45) is 2.08. The summed E-state index contributed by atoms with van der Waals surface area (Å²) in [5.74, 6) is -1.14. The van der Waals surface area contributed by atoms with Crippen LogP contribution >= 0.6 is 0 Å². The van der Waals surface area contributed by atoms with Crippen molar-refractivity contribution in [2.45, 2.75) is 0 Å². The van der Waals surface area contributed by atoms with E-state index in [1.165, 1.54) is 7.11 Å². The fourth-order valence-corrected chi connectivity index (χ4v) is 1.14. The minimum Gasteiger partial charge on any atom is -0.466 e. The average Bonchev–Trinajstić information content (AvgIpc) is 2.34. The molecule has 0 N–H and O–H groups in total. The highest BCUT2D eigenvalue weighted by molar-refractivity contribution is 5.91. The van der Waals surface area contributed by atoms with Crippen LogP contribution in [0, 0.1) is 0 Å². The van der Waals surface area contributed by atoms with Gasteiger partial charge >= 0.3 is 11.9 Å². The molecule has 0 saturated carbocycles. The number of carbonyl (C=O) groups excluding carboxylic acids is 2. The van der Waals surface area contributed by atoms with Crippen molar-refractivity contribution in [1.29, 1.82) is 0 Å². The van der Waals surface area contributed by atoms with Gasteiger partial charge in [-0.15, -0.1) is 0 Å². The van der Waals surface area contributed by atoms with Crippen LogP contribution < -0.4 is 0 Å². The molecule has 1 saturated heterocycles. The van der Waals surface area contributed by atoms with Gasteiger partial charge in [0.25, 0.3) is 0 Å². The van der Waals surface area contributed by atoms with Crippen LogP contribution in [0.2, 0.25) is 0 Å². The van der Waals surface area contributed by atoms with E-state index in [0.29, 0.717) is 13.2 Å². The fourth-order valence-electron chi connectivity index (χ4n) is 1.14. The number of methoxy groups -OCH3 is 1. The van der Waals surface area contributed by atoms with Crippen molar-refractivity contribution in [2.24, 2.45) is 0 Å². The molecule has 0 aliphatic carbocycles. The molecule has 1 fully saturated rings. The van der Waals surface area contributed by atoms with Crippen LogP contribution in [0.5, 0.6) is 0 Å². The maximum atomic E-state index is 11.1. The molecule has 90 valence electrons. The molecule has 0 aromatic rings. The van der Waals surface area contributed by atoms with E-state index in [0.717, 1.165) is 25.2 Å². The third kappa shape index (κ3) is 4.90. The fraction of sp³-hybridized carbons (Fsp3) is 0.600. The maximum Gasteiger partial charge on any atom is 0.332 e. The second-order valence-corrected chi connectivity index (χ2v) is 3.18. The van der Waals surface area contributed by atoms with Crippen LogP contribution in [0.25, 0.3) is 0 Å². The molecule has 0 radical (unpaired) electrons. The van der Waals surface area contributed by atoms with Gasteiger partial charge in [0, 0.05) is 25.2 Å². The second-order valence-electron chi connectivity index (χ2n) is 3.18. The number of carbonyl (C=O) groups is 2. The van der Waals surface area contributed by atoms with Gasteiger partial charge in [-0.3, -0.25) is 4.90 Å². The van der Waals surface area contributed by atoms with Gasteiger partial charge in [0.15, 0.2) is 0 Å². The second kappa shape index (κ2) is 6.97. The summed E-state index contributed by atoms with van der Waals surface area (Å²) in [6.45, 7) is 3.00. The number of rotatable bonds is 4. The first-order chi connectivity index (χ1) is 7.72. The minimum atomic E-state index is -0.580. The Morgan fingerprint density at radius 2 is 1.88 bits per heavy atom. The Kier molecular flexibility index (Phi) is 5.52. The third-order valence-corrected chi connectivity index (χ3v) is 2.05. The zero-order valence-corrected chi connectivity index (χ0v) is 9.18. The Morgan fingerprint density at radius 1 is 1.25 bits per heavy atom. The molecule has 0 aromatic heterocycles. The van der Waals surface area contributed by atoms with E-state index in [9.17, 15) is 9.59 Å². The lowest BCUT2D eigenvalue weighted by molar-refractivity contribution is -0.145. The summed E-state index contributed by atoms with van der Waals surface area (Å²) in [5, 5.41) is 0. The molecule has 1 aliphatic heterocycles. The lowest BCUT2D eigenvalue weighted by atomic mass is 10.4. The molecule has 6 heteroatoms. The van der Waals surface area contributed by atoms with Crippen LogP contribution in [0.3, 0.4) is 0 Å². The summed E-state index contributed by atoms with van der Waals surface area (Å²) in [5.41, 5.74) is 0. The van der Waals surface area contributed by atoms with Gasteiger partial charge in [0.2, 0.25) is 0 Å². The Morgan fingerprint density at radius 3 is 2.50 bits per heavy atom. The van der Waals surface area contributed by atoms with Crippen LogP contribution in [-0.2, 0) is 23.8 Å². The number of hydrogen-bond acceptors (Lipinski definition) is 6. The maximum absolute atomic E-state index is 11.1. The summed E-state index contributed by atoms with van der Waals surface area (Å²) >= 11 is 0. The van der Waals surface area contributed by atoms with E-state index < -0.39 is 11.9 Å². The van der Waals surface area contributed by atoms with Gasteiger partial charge in [0.1, 0.15) is 6.73 Å². The highest BCUT2D eigenvalue weighted by atomic mass is 16.5. The zero-order valence-electron chi connectivity index (χ0n) is 9.18. The summed E-state index contributed by atoms with van der Waals surface area (Å²) in [4.78, 5) is 23.8. The lowest BCUT2D eigenvalue weighted by Gasteiger charge is -2.25. The van der Waals surface area contributed by atoms with Crippen LogP contribution in [-0.4, -0.2) is 57.0 Å². The van der Waals surface area contributed by atoms with Crippen molar-refractivity contribution in [3.05, 3.63) is 12.2 Å². The molecule has 0 aromatic carbocycles. The molecular weight excluding hydrogens is 214 g/mol. The molecule has 1 heterocycles. The third-order valence-electron chi connectivity index (χ3n) is 2.05. The number of nitrogens with zero attached hydrogens (tertiary/aromatic N) is 1. The van der Waals surface area contributed by atoms with Gasteiger partial charge in [-0.05, 0) is 0 Å². The molecule has 16 heavy (non-hydrogen) atoms. The van der Waals surface area contributed by atoms with Crippen molar-refractivity contribution in [3.8, 4) is 0 Å². The number of morpholine rings is 1. The summed E-state index contributed by atoms with van der Waals surface area (Å²) < 4.78 is 14.4. The van der Waals surface area contributed by atoms with Crippen molar-refractivity contribution < 1.29 is 23.8 Å². The van der Waals surface area contributed by atoms with Crippen LogP contribution in [0.1, 0.15) is 0 Å². The lowest BCUT2D eigenvalue weighted by Crippen LogP contribution is -2.38. The molecule has 0 atom stereocenters. The highest BCUT2D eigenvalue weighted by Gasteiger charge is 2.11. The zero-order chi connectivity index (χ0) is 11.8. The molecule has 0 unspecified atom stereocenters. The Hall–Kier alpha value is -1.40. The van der Waals surface area contributed by atoms with Crippen molar-refractivity contribution in [1.82, 2.24) is 4.90 Å². The largest absolute Gasteiger partial charge is 0.466 e. The topological polar surface area (TPSA) is 65.1 Å². The van der Waals surface area contributed by atoms with E-state index in [4.69, 9.17) is 9.47 Å². The Bertz CT molecular complexity index is 270. The minimum absolute atomic E-state index is 0.216. The molecule has 1 rings (SSSR count). The normalized spacial score (nSPS) is 17.3. The van der Waals surface area contributed by atoms with Gasteiger partial charge < -0.3 is 14.2 Å². The van der Waals surface area contributed by atoms with Gasteiger partial charge in [-0.2, -0.15) is 0 Å². The monoisotopic (exact) mass is 229 g/mol. The summed E-state index contributed by atoms with van der Waals surface area (Å²) in [6, 6.07) is 0. The van der Waals surface area contributed by atoms with E-state index in [1.54, 1.807) is 0 Å². The molecule has 6 nitrogen and oxygen atoms in total. The van der Waals surface area contributed by atoms with Gasteiger partial charge in [-0.1, -0.05) is 0 Å². The molecule has 0 bridgehead atoms. The Balaban J connectivity index is 2.18. The number of ether oxygens (including phenoxy) is 3. The van der Waals surface area contributed by atoms with E-state index >= 15 is 0 Å². The average molecular weight is 229 g/mol. The molecule has 1 aliphatic rings. The van der Waals surface area contributed by atoms with Crippen molar-refractivity contribution in [3.63, 3.8) is 0 Å². The predicted molar refractivity (Wildman–Crippen MR) is 54.5 cm³/mol. The molecule has 0 amide bonds. The van der Waals surface area contributed by atoms with E-state index in [-0.39, 0.29) is 6.73 Å². The van der Waals surface area contributed by atoms with Gasteiger partial charge in [-0.25, -0.2) is 9.59 Å². The molecular formula is C10H15NO5. The van der Waals surface area contributed by atoms with Gasteiger partial charge in [0.05, 0.1) is 20.3 Å². The van der Waals surface area contributed by atoms with E-state index in [2.05, 4.69) is 4.74 Å². The van der Waals surface area contributed by atoms with E-state index in [1.807, 2.05) is 4.90 Å². The van der Waals surface area contributed by atoms with Crippen LogP contribution in [0.4, 0.5) is 0 Å². The quantitative estimate of drug-likeness (QED) is 0.480. The van der Waals surface area contributed by atoms with Crippen LogP contribution in [0.15, 0.2) is 12.2 Å². The first kappa shape index (κ1) is 12.7. The highest BCUT2D eigenvalue weighted by Crippen LogP contribution is 1.97. The summed E-state index contributed by atoms with van der Waals surface area (Å²) in [7, 11) is 1.24. The number of hydrogen-bond donors (Lipinski definition) is 0. The smallest absolute Gasteiger partial charge is 0.332 e. The van der Waals surface area contributed by atoms with Crippen molar-refractivity contribution >= 4 is 11.9 Å². The first-order valence-corrected chi connectivity index (χ1v) is 4.95. The standard InChI is InChI=1S/C10H15NO5/c1-14-9(12)2-3-10(13)16-8-11-4-6-15-7-5-11/h2-3H,4-8H2,1H3. The number of esters is 2. The Labute approximate surface area is 93.8 Å². The molecule has 0 spiro atoms. The predicted octanol–water partition coefficient (Wildman–Crippen LogP) is -0.451. The first-order valence-electron chi connectivity index (χ1n) is 4.95. The van der Waals surface area contributed by atoms with Crippen molar-refractivity contribution in [2.75, 3.05) is 40.1 Å².